The fourth-order valence-electron chi connectivity index (χ4n) is 4.48. The fourth-order valence-corrected chi connectivity index (χ4v) is 4.48. The van der Waals surface area contributed by atoms with Crippen molar-refractivity contribution in [3.8, 4) is 17.2 Å². The standard InChI is InChI=1S/C22H34N2O5/c1-26-18-12-7-14(13-17(18)23)22(25)24-15-8-10-16(11-9-15)29-20-6-4-5-19(27-2)21(20)28-3/h4-6,14-18H,7-13,23H2,1-3H3,(H,24,25)/t14-,15?,16?,17+,18+/m0/s1. The Bertz CT molecular complexity index is 675. The van der Waals surface area contributed by atoms with Gasteiger partial charge in [-0.15, -0.1) is 0 Å². The van der Waals surface area contributed by atoms with Gasteiger partial charge in [-0.2, -0.15) is 0 Å². The molecule has 0 unspecified atom stereocenters. The van der Waals surface area contributed by atoms with Crippen LogP contribution in [0.2, 0.25) is 0 Å². The van der Waals surface area contributed by atoms with Crippen LogP contribution in [0.3, 0.4) is 0 Å². The van der Waals surface area contributed by atoms with Crippen LogP contribution in [0.1, 0.15) is 44.9 Å². The van der Waals surface area contributed by atoms with Crippen LogP contribution in [0.4, 0.5) is 0 Å². The third-order valence-electron chi connectivity index (χ3n) is 6.19. The molecule has 2 fully saturated rings. The van der Waals surface area contributed by atoms with Crippen LogP contribution in [0.5, 0.6) is 17.2 Å². The van der Waals surface area contributed by atoms with Gasteiger partial charge in [-0.3, -0.25) is 4.79 Å². The van der Waals surface area contributed by atoms with Crippen molar-refractivity contribution in [2.45, 2.75) is 69.2 Å². The maximum Gasteiger partial charge on any atom is 0.223 e. The van der Waals surface area contributed by atoms with E-state index in [0.717, 1.165) is 38.5 Å². The molecular weight excluding hydrogens is 372 g/mol. The highest BCUT2D eigenvalue weighted by molar-refractivity contribution is 5.79. The van der Waals surface area contributed by atoms with Gasteiger partial charge < -0.3 is 30.0 Å². The van der Waals surface area contributed by atoms with Crippen molar-refractivity contribution in [2.75, 3.05) is 21.3 Å². The summed E-state index contributed by atoms with van der Waals surface area (Å²) in [6, 6.07) is 5.78. The summed E-state index contributed by atoms with van der Waals surface area (Å²) < 4.78 is 22.3. The zero-order valence-corrected chi connectivity index (χ0v) is 17.7. The lowest BCUT2D eigenvalue weighted by Crippen LogP contribution is -2.48. The Morgan fingerprint density at radius 2 is 1.72 bits per heavy atom. The molecule has 1 amide bonds. The molecule has 29 heavy (non-hydrogen) atoms. The molecule has 2 aliphatic rings. The summed E-state index contributed by atoms with van der Waals surface area (Å²) >= 11 is 0. The van der Waals surface area contributed by atoms with Crippen molar-refractivity contribution >= 4 is 5.91 Å². The SMILES string of the molecule is COc1cccc(OC2CCC(NC(=O)[C@H]3CC[C@@H](OC)[C@H](N)C3)CC2)c1OC. The summed E-state index contributed by atoms with van der Waals surface area (Å²) in [6.45, 7) is 0. The number of methoxy groups -OCH3 is 3. The summed E-state index contributed by atoms with van der Waals surface area (Å²) in [5.41, 5.74) is 6.15. The van der Waals surface area contributed by atoms with E-state index in [2.05, 4.69) is 5.32 Å². The molecule has 0 heterocycles. The van der Waals surface area contributed by atoms with Crippen LogP contribution < -0.4 is 25.3 Å². The van der Waals surface area contributed by atoms with Gasteiger partial charge in [0.2, 0.25) is 11.7 Å². The van der Waals surface area contributed by atoms with E-state index in [1.54, 1.807) is 21.3 Å². The Balaban J connectivity index is 1.47. The highest BCUT2D eigenvalue weighted by Crippen LogP contribution is 2.38. The Hall–Kier alpha value is -1.99. The molecule has 0 bridgehead atoms. The number of nitrogens with one attached hydrogen (secondary N) is 1. The van der Waals surface area contributed by atoms with Crippen LogP contribution in [0.15, 0.2) is 18.2 Å². The quantitative estimate of drug-likeness (QED) is 0.723. The average Bonchev–Trinajstić information content (AvgIpc) is 2.74. The number of para-hydroxylation sites is 1. The lowest BCUT2D eigenvalue weighted by molar-refractivity contribution is -0.128. The highest BCUT2D eigenvalue weighted by atomic mass is 16.5. The highest BCUT2D eigenvalue weighted by Gasteiger charge is 2.33. The molecule has 1 aromatic rings. The van der Waals surface area contributed by atoms with Gasteiger partial charge in [0.05, 0.1) is 26.4 Å². The van der Waals surface area contributed by atoms with E-state index in [-0.39, 0.29) is 36.1 Å². The van der Waals surface area contributed by atoms with Crippen molar-refractivity contribution in [1.82, 2.24) is 5.32 Å². The first-order valence-electron chi connectivity index (χ1n) is 10.5. The molecule has 3 rings (SSSR count). The third kappa shape index (κ3) is 5.34. The van der Waals surface area contributed by atoms with Gasteiger partial charge in [0.1, 0.15) is 0 Å². The Kier molecular flexibility index (Phi) is 7.61. The zero-order valence-electron chi connectivity index (χ0n) is 17.7. The molecule has 7 heteroatoms. The number of benzene rings is 1. The fraction of sp³-hybridized carbons (Fsp3) is 0.682. The third-order valence-corrected chi connectivity index (χ3v) is 6.19. The van der Waals surface area contributed by atoms with Crippen LogP contribution in [-0.4, -0.2) is 51.5 Å². The van der Waals surface area contributed by atoms with Crippen LogP contribution >= 0.6 is 0 Å². The number of ether oxygens (including phenoxy) is 4. The van der Waals surface area contributed by atoms with E-state index < -0.39 is 0 Å². The molecule has 162 valence electrons. The van der Waals surface area contributed by atoms with Gasteiger partial charge in [0, 0.05) is 25.1 Å². The van der Waals surface area contributed by atoms with Crippen LogP contribution in [0, 0.1) is 5.92 Å². The van der Waals surface area contributed by atoms with Gasteiger partial charge in [-0.1, -0.05) is 6.07 Å². The van der Waals surface area contributed by atoms with Crippen molar-refractivity contribution in [3.63, 3.8) is 0 Å². The van der Waals surface area contributed by atoms with Gasteiger partial charge in [0.25, 0.3) is 0 Å². The monoisotopic (exact) mass is 406 g/mol. The van der Waals surface area contributed by atoms with Crippen molar-refractivity contribution in [3.05, 3.63) is 18.2 Å². The van der Waals surface area contributed by atoms with Crippen LogP contribution in [0.25, 0.3) is 0 Å². The van der Waals surface area contributed by atoms with Crippen molar-refractivity contribution in [1.29, 1.82) is 0 Å². The second kappa shape index (κ2) is 10.2. The molecule has 1 aromatic carbocycles. The number of hydrogen-bond acceptors (Lipinski definition) is 6. The number of carbonyl (C=O) groups is 1. The Morgan fingerprint density at radius 1 is 1.00 bits per heavy atom. The van der Waals surface area contributed by atoms with Crippen molar-refractivity contribution in [2.24, 2.45) is 11.7 Å². The van der Waals surface area contributed by atoms with E-state index in [4.69, 9.17) is 24.7 Å². The van der Waals surface area contributed by atoms with Gasteiger partial charge >= 0.3 is 0 Å². The Morgan fingerprint density at radius 3 is 2.34 bits per heavy atom. The first-order valence-corrected chi connectivity index (χ1v) is 10.5. The second-order valence-electron chi connectivity index (χ2n) is 8.04. The van der Waals surface area contributed by atoms with E-state index in [1.807, 2.05) is 18.2 Å². The number of amides is 1. The predicted molar refractivity (Wildman–Crippen MR) is 110 cm³/mol. The van der Waals surface area contributed by atoms with E-state index in [9.17, 15) is 4.79 Å². The number of hydrogen-bond donors (Lipinski definition) is 2. The molecule has 0 aliphatic heterocycles. The minimum absolute atomic E-state index is 0.00795. The molecule has 2 saturated carbocycles. The summed E-state index contributed by atoms with van der Waals surface area (Å²) in [7, 11) is 4.92. The summed E-state index contributed by atoms with van der Waals surface area (Å²) in [4.78, 5) is 12.7. The second-order valence-corrected chi connectivity index (χ2v) is 8.04. The normalized spacial score (nSPS) is 29.7. The minimum Gasteiger partial charge on any atom is -0.493 e. The molecule has 2 aliphatic carbocycles. The summed E-state index contributed by atoms with van der Waals surface area (Å²) in [5.74, 6) is 2.10. The Labute approximate surface area is 173 Å². The zero-order chi connectivity index (χ0) is 20.8. The lowest BCUT2D eigenvalue weighted by atomic mass is 9.83. The maximum absolute atomic E-state index is 12.7. The van der Waals surface area contributed by atoms with E-state index >= 15 is 0 Å². The molecule has 0 aromatic heterocycles. The molecular formula is C22H34N2O5. The molecule has 3 atom stereocenters. The molecule has 3 N–H and O–H groups in total. The molecule has 0 saturated heterocycles. The number of carbonyl (C=O) groups excluding carboxylic acids is 1. The van der Waals surface area contributed by atoms with Gasteiger partial charge in [-0.05, 0) is 57.1 Å². The summed E-state index contributed by atoms with van der Waals surface area (Å²) in [5, 5.41) is 3.23. The van der Waals surface area contributed by atoms with E-state index in [1.165, 1.54) is 0 Å². The van der Waals surface area contributed by atoms with E-state index in [0.29, 0.717) is 23.7 Å². The van der Waals surface area contributed by atoms with Gasteiger partial charge in [-0.25, -0.2) is 0 Å². The predicted octanol–water partition coefficient (Wildman–Crippen LogP) is 2.65. The number of nitrogens with two attached hydrogens (primary N) is 1. The largest absolute Gasteiger partial charge is 0.493 e. The first-order chi connectivity index (χ1) is 14.0. The van der Waals surface area contributed by atoms with Crippen LogP contribution in [-0.2, 0) is 9.53 Å². The molecule has 7 nitrogen and oxygen atoms in total. The molecule has 0 spiro atoms. The molecule has 0 radical (unpaired) electrons. The summed E-state index contributed by atoms with van der Waals surface area (Å²) in [6.07, 6.45) is 6.14. The topological polar surface area (TPSA) is 92.0 Å². The lowest BCUT2D eigenvalue weighted by Gasteiger charge is -2.34. The average molecular weight is 407 g/mol. The van der Waals surface area contributed by atoms with Crippen molar-refractivity contribution < 1.29 is 23.7 Å². The van der Waals surface area contributed by atoms with Gasteiger partial charge in [0.15, 0.2) is 11.5 Å². The first kappa shape index (κ1) is 21.7. The maximum atomic E-state index is 12.7. The minimum atomic E-state index is -0.0634. The number of rotatable bonds is 7. The smallest absolute Gasteiger partial charge is 0.223 e.